The van der Waals surface area contributed by atoms with Gasteiger partial charge in [-0.05, 0) is 29.8 Å². The second-order valence-corrected chi connectivity index (χ2v) is 5.93. The number of rotatable bonds is 5. The van der Waals surface area contributed by atoms with Crippen molar-refractivity contribution in [3.05, 3.63) is 71.3 Å². The minimum Gasteiger partial charge on any atom is -0.463 e. The SMILES string of the molecule is O=C(Nc1ncn(Cc2ccc(Cl)cc2)n1)c1cc(-c2ccco2)[nH]n1. The highest BCUT2D eigenvalue weighted by Gasteiger charge is 2.14. The maximum atomic E-state index is 12.3. The highest BCUT2D eigenvalue weighted by molar-refractivity contribution is 6.30. The molecule has 0 aliphatic heterocycles. The molecule has 130 valence electrons. The summed E-state index contributed by atoms with van der Waals surface area (Å²) in [6.07, 6.45) is 3.09. The van der Waals surface area contributed by atoms with Gasteiger partial charge < -0.3 is 4.42 Å². The van der Waals surface area contributed by atoms with Crippen LogP contribution < -0.4 is 5.32 Å². The van der Waals surface area contributed by atoms with Crippen molar-refractivity contribution in [2.45, 2.75) is 6.54 Å². The molecule has 0 unspecified atom stereocenters. The fourth-order valence-corrected chi connectivity index (χ4v) is 2.49. The van der Waals surface area contributed by atoms with Crippen molar-refractivity contribution in [2.75, 3.05) is 5.32 Å². The Morgan fingerprint density at radius 3 is 2.88 bits per heavy atom. The van der Waals surface area contributed by atoms with Crippen LogP contribution in [-0.2, 0) is 6.54 Å². The summed E-state index contributed by atoms with van der Waals surface area (Å²) < 4.78 is 6.88. The third-order valence-electron chi connectivity index (χ3n) is 3.62. The number of amides is 1. The van der Waals surface area contributed by atoms with Crippen molar-refractivity contribution < 1.29 is 9.21 Å². The van der Waals surface area contributed by atoms with Gasteiger partial charge in [-0.15, -0.1) is 5.10 Å². The van der Waals surface area contributed by atoms with Crippen molar-refractivity contribution >= 4 is 23.5 Å². The lowest BCUT2D eigenvalue weighted by atomic mass is 10.2. The number of benzene rings is 1. The molecule has 9 heteroatoms. The molecule has 4 rings (SSSR count). The zero-order valence-corrected chi connectivity index (χ0v) is 14.1. The highest BCUT2D eigenvalue weighted by Crippen LogP contribution is 2.18. The first-order valence-electron chi connectivity index (χ1n) is 7.72. The number of H-pyrrole nitrogens is 1. The second kappa shape index (κ2) is 6.85. The Labute approximate surface area is 152 Å². The van der Waals surface area contributed by atoms with E-state index in [-0.39, 0.29) is 11.6 Å². The van der Waals surface area contributed by atoms with Gasteiger partial charge in [0, 0.05) is 11.1 Å². The normalized spacial score (nSPS) is 10.8. The minimum absolute atomic E-state index is 0.200. The van der Waals surface area contributed by atoms with E-state index in [1.165, 1.54) is 0 Å². The molecule has 3 heterocycles. The van der Waals surface area contributed by atoms with Crippen LogP contribution >= 0.6 is 11.6 Å². The minimum atomic E-state index is -0.414. The second-order valence-electron chi connectivity index (χ2n) is 5.49. The molecule has 0 aliphatic carbocycles. The molecule has 0 radical (unpaired) electrons. The fourth-order valence-electron chi connectivity index (χ4n) is 2.37. The molecule has 1 amide bonds. The predicted octanol–water partition coefficient (Wildman–Crippen LogP) is 3.22. The first kappa shape index (κ1) is 16.1. The zero-order chi connectivity index (χ0) is 17.9. The lowest BCUT2D eigenvalue weighted by Gasteiger charge is -2.01. The van der Waals surface area contributed by atoms with Crippen molar-refractivity contribution in [3.8, 4) is 11.5 Å². The van der Waals surface area contributed by atoms with Crippen molar-refractivity contribution in [1.29, 1.82) is 0 Å². The predicted molar refractivity (Wildman–Crippen MR) is 94.8 cm³/mol. The number of nitrogens with one attached hydrogen (secondary N) is 2. The Morgan fingerprint density at radius 1 is 1.27 bits per heavy atom. The van der Waals surface area contributed by atoms with E-state index in [2.05, 4.69) is 25.6 Å². The van der Waals surface area contributed by atoms with Crippen LogP contribution in [-0.4, -0.2) is 30.9 Å². The summed E-state index contributed by atoms with van der Waals surface area (Å²) in [5, 5.41) is 14.3. The quantitative estimate of drug-likeness (QED) is 0.563. The first-order valence-corrected chi connectivity index (χ1v) is 8.10. The van der Waals surface area contributed by atoms with E-state index in [0.29, 0.717) is 23.0 Å². The molecule has 2 N–H and O–H groups in total. The first-order chi connectivity index (χ1) is 12.7. The van der Waals surface area contributed by atoms with E-state index in [4.69, 9.17) is 16.0 Å². The Hall–Kier alpha value is -3.39. The summed E-state index contributed by atoms with van der Waals surface area (Å²) in [7, 11) is 0. The molecule has 8 nitrogen and oxygen atoms in total. The summed E-state index contributed by atoms with van der Waals surface area (Å²) >= 11 is 5.87. The van der Waals surface area contributed by atoms with E-state index in [9.17, 15) is 4.79 Å². The van der Waals surface area contributed by atoms with Gasteiger partial charge >= 0.3 is 0 Å². The summed E-state index contributed by atoms with van der Waals surface area (Å²) in [5.41, 5.74) is 1.85. The lowest BCUT2D eigenvalue weighted by molar-refractivity contribution is 0.102. The molecule has 4 aromatic rings. The summed E-state index contributed by atoms with van der Waals surface area (Å²) in [4.78, 5) is 16.4. The van der Waals surface area contributed by atoms with E-state index in [1.807, 2.05) is 24.3 Å². The van der Waals surface area contributed by atoms with Crippen molar-refractivity contribution in [3.63, 3.8) is 0 Å². The molecule has 0 spiro atoms. The lowest BCUT2D eigenvalue weighted by Crippen LogP contribution is -2.14. The van der Waals surface area contributed by atoms with Gasteiger partial charge in [0.05, 0.1) is 12.8 Å². The van der Waals surface area contributed by atoms with Crippen LogP contribution in [0.15, 0.2) is 59.5 Å². The van der Waals surface area contributed by atoms with Gasteiger partial charge in [-0.25, -0.2) is 9.67 Å². The van der Waals surface area contributed by atoms with Crippen LogP contribution in [0.3, 0.4) is 0 Å². The van der Waals surface area contributed by atoms with Gasteiger partial charge in [0.1, 0.15) is 12.0 Å². The Morgan fingerprint density at radius 2 is 2.12 bits per heavy atom. The number of aromatic amines is 1. The topological polar surface area (TPSA) is 102 Å². The Bertz CT molecular complexity index is 1020. The van der Waals surface area contributed by atoms with Crippen molar-refractivity contribution in [2.24, 2.45) is 0 Å². The number of halogens is 1. The molecular weight excluding hydrogens is 356 g/mol. The van der Waals surface area contributed by atoms with E-state index in [0.717, 1.165) is 5.56 Å². The zero-order valence-electron chi connectivity index (χ0n) is 13.4. The van der Waals surface area contributed by atoms with Crippen molar-refractivity contribution in [1.82, 2.24) is 25.0 Å². The molecular formula is C17H13ClN6O2. The number of carbonyl (C=O) groups is 1. The number of carbonyl (C=O) groups excluding carboxylic acids is 1. The average Bonchev–Trinajstić information content (AvgIpc) is 3.38. The van der Waals surface area contributed by atoms with Crippen LogP contribution in [0.25, 0.3) is 11.5 Å². The molecule has 0 atom stereocenters. The number of hydrogen-bond donors (Lipinski definition) is 2. The Kier molecular flexibility index (Phi) is 4.24. The van der Waals surface area contributed by atoms with Crippen LogP contribution in [0.1, 0.15) is 16.1 Å². The molecule has 26 heavy (non-hydrogen) atoms. The van der Waals surface area contributed by atoms with Gasteiger partial charge in [-0.2, -0.15) is 5.10 Å². The molecule has 0 bridgehead atoms. The average molecular weight is 369 g/mol. The smallest absolute Gasteiger partial charge is 0.278 e. The van der Waals surface area contributed by atoms with Crippen LogP contribution in [0.4, 0.5) is 5.95 Å². The van der Waals surface area contributed by atoms with Crippen LogP contribution in [0.5, 0.6) is 0 Å². The van der Waals surface area contributed by atoms with Crippen LogP contribution in [0.2, 0.25) is 5.02 Å². The maximum Gasteiger partial charge on any atom is 0.278 e. The van der Waals surface area contributed by atoms with E-state index < -0.39 is 5.91 Å². The van der Waals surface area contributed by atoms with Gasteiger partial charge in [-0.1, -0.05) is 23.7 Å². The standard InChI is InChI=1S/C17H13ClN6O2/c18-12-5-3-11(4-6-12)9-24-10-19-17(23-24)20-16(25)14-8-13(21-22-14)15-2-1-7-26-15/h1-8,10H,9H2,(H,21,22)(H,20,23,25). The molecule has 0 saturated carbocycles. The van der Waals surface area contributed by atoms with Gasteiger partial charge in [0.2, 0.25) is 5.95 Å². The monoisotopic (exact) mass is 368 g/mol. The van der Waals surface area contributed by atoms with E-state index >= 15 is 0 Å². The number of furan rings is 1. The fraction of sp³-hybridized carbons (Fsp3) is 0.0588. The molecule has 3 aromatic heterocycles. The van der Waals surface area contributed by atoms with Gasteiger partial charge in [-0.3, -0.25) is 15.2 Å². The molecule has 0 fully saturated rings. The number of aromatic nitrogens is 5. The number of hydrogen-bond acceptors (Lipinski definition) is 5. The third-order valence-corrected chi connectivity index (χ3v) is 3.87. The summed E-state index contributed by atoms with van der Waals surface area (Å²) in [6.45, 7) is 0.519. The van der Waals surface area contributed by atoms with E-state index in [1.54, 1.807) is 35.5 Å². The molecule has 1 aromatic carbocycles. The number of nitrogens with zero attached hydrogens (tertiary/aromatic N) is 4. The highest BCUT2D eigenvalue weighted by atomic mass is 35.5. The third kappa shape index (κ3) is 3.50. The van der Waals surface area contributed by atoms with Gasteiger partial charge in [0.15, 0.2) is 11.5 Å². The maximum absolute atomic E-state index is 12.3. The number of anilines is 1. The molecule has 0 aliphatic rings. The van der Waals surface area contributed by atoms with Gasteiger partial charge in [0.25, 0.3) is 5.91 Å². The summed E-state index contributed by atoms with van der Waals surface area (Å²) in [5.74, 6) is 0.386. The Balaban J connectivity index is 1.42. The summed E-state index contributed by atoms with van der Waals surface area (Å²) in [6, 6.07) is 12.6. The largest absolute Gasteiger partial charge is 0.463 e. The molecule has 0 saturated heterocycles. The van der Waals surface area contributed by atoms with Crippen LogP contribution in [0, 0.1) is 0 Å².